The monoisotopic (exact) mass is 327 g/mol. The van der Waals surface area contributed by atoms with Gasteiger partial charge in [0.25, 0.3) is 0 Å². The largest absolute Gasteiger partial charge is 0.477 e. The van der Waals surface area contributed by atoms with Crippen LogP contribution in [0.1, 0.15) is 36.2 Å². The SMILES string of the molecule is CC1CN(c2ccc3c(=O)c(C(=O)O)cn(C4CC4)c3c2)CCN1. The van der Waals surface area contributed by atoms with E-state index >= 15 is 0 Å². The van der Waals surface area contributed by atoms with Crippen molar-refractivity contribution in [2.45, 2.75) is 31.8 Å². The van der Waals surface area contributed by atoms with Gasteiger partial charge in [0, 0.05) is 49.0 Å². The van der Waals surface area contributed by atoms with Gasteiger partial charge < -0.3 is 19.9 Å². The number of carbonyl (C=O) groups is 1. The van der Waals surface area contributed by atoms with E-state index in [0.29, 0.717) is 17.5 Å². The molecule has 1 aromatic carbocycles. The number of carboxylic acid groups (broad SMARTS) is 1. The predicted octanol–water partition coefficient (Wildman–Crippen LogP) is 1.83. The van der Waals surface area contributed by atoms with Crippen LogP contribution in [0, 0.1) is 0 Å². The number of hydrogen-bond donors (Lipinski definition) is 2. The number of anilines is 1. The lowest BCUT2D eigenvalue weighted by Crippen LogP contribution is -2.49. The van der Waals surface area contributed by atoms with Crippen molar-refractivity contribution >= 4 is 22.6 Å². The van der Waals surface area contributed by atoms with Crippen molar-refractivity contribution in [2.75, 3.05) is 24.5 Å². The molecule has 24 heavy (non-hydrogen) atoms. The van der Waals surface area contributed by atoms with Crippen LogP contribution in [0.3, 0.4) is 0 Å². The zero-order valence-corrected chi connectivity index (χ0v) is 13.7. The number of fused-ring (bicyclic) bond motifs is 1. The quantitative estimate of drug-likeness (QED) is 0.900. The smallest absolute Gasteiger partial charge is 0.341 e. The molecule has 1 saturated heterocycles. The van der Waals surface area contributed by atoms with E-state index in [2.05, 4.69) is 17.1 Å². The lowest BCUT2D eigenvalue weighted by Gasteiger charge is -2.33. The van der Waals surface area contributed by atoms with Gasteiger partial charge >= 0.3 is 5.97 Å². The van der Waals surface area contributed by atoms with Gasteiger partial charge in [0.1, 0.15) is 5.56 Å². The second-order valence-corrected chi connectivity index (χ2v) is 6.82. The highest BCUT2D eigenvalue weighted by Gasteiger charge is 2.27. The molecule has 6 heteroatoms. The fraction of sp³-hybridized carbons (Fsp3) is 0.444. The van der Waals surface area contributed by atoms with Gasteiger partial charge in [0.05, 0.1) is 5.52 Å². The average molecular weight is 327 g/mol. The van der Waals surface area contributed by atoms with E-state index in [1.807, 2.05) is 16.7 Å². The van der Waals surface area contributed by atoms with Gasteiger partial charge in [-0.3, -0.25) is 4.79 Å². The second-order valence-electron chi connectivity index (χ2n) is 6.82. The van der Waals surface area contributed by atoms with Crippen LogP contribution < -0.4 is 15.6 Å². The number of nitrogens with one attached hydrogen (secondary N) is 1. The minimum absolute atomic E-state index is 0.141. The third-order valence-electron chi connectivity index (χ3n) is 4.92. The third-order valence-corrected chi connectivity index (χ3v) is 4.92. The Morgan fingerprint density at radius 3 is 2.79 bits per heavy atom. The molecule has 1 aromatic heterocycles. The molecule has 0 radical (unpaired) electrons. The van der Waals surface area contributed by atoms with E-state index in [1.165, 1.54) is 6.20 Å². The van der Waals surface area contributed by atoms with Crippen LogP contribution in [0.25, 0.3) is 10.9 Å². The maximum absolute atomic E-state index is 12.5. The first-order valence-corrected chi connectivity index (χ1v) is 8.45. The number of piperazine rings is 1. The van der Waals surface area contributed by atoms with Crippen LogP contribution in [0.5, 0.6) is 0 Å². The van der Waals surface area contributed by atoms with Gasteiger partial charge in [-0.05, 0) is 38.0 Å². The lowest BCUT2D eigenvalue weighted by molar-refractivity contribution is 0.0695. The molecule has 2 heterocycles. The van der Waals surface area contributed by atoms with E-state index in [1.54, 1.807) is 6.07 Å². The summed E-state index contributed by atoms with van der Waals surface area (Å²) in [5.41, 5.74) is 1.40. The van der Waals surface area contributed by atoms with Crippen molar-refractivity contribution in [3.63, 3.8) is 0 Å². The number of rotatable bonds is 3. The van der Waals surface area contributed by atoms with Gasteiger partial charge in [-0.2, -0.15) is 0 Å². The summed E-state index contributed by atoms with van der Waals surface area (Å²) in [6.45, 7) is 4.95. The Bertz CT molecular complexity index is 870. The number of hydrogen-bond acceptors (Lipinski definition) is 4. The number of carboxylic acids is 1. The molecule has 2 aliphatic rings. The first-order chi connectivity index (χ1) is 11.5. The fourth-order valence-corrected chi connectivity index (χ4v) is 3.51. The minimum atomic E-state index is -1.16. The van der Waals surface area contributed by atoms with E-state index in [0.717, 1.165) is 43.7 Å². The van der Waals surface area contributed by atoms with Crippen molar-refractivity contribution in [3.05, 3.63) is 40.2 Å². The normalized spacial score (nSPS) is 21.2. The van der Waals surface area contributed by atoms with Crippen LogP contribution in [0.15, 0.2) is 29.2 Å². The molecule has 1 unspecified atom stereocenters. The molecule has 0 spiro atoms. The Balaban J connectivity index is 1.86. The molecule has 0 bridgehead atoms. The van der Waals surface area contributed by atoms with Crippen LogP contribution in [-0.4, -0.2) is 41.3 Å². The summed E-state index contributed by atoms with van der Waals surface area (Å²) in [6.07, 6.45) is 3.59. The average Bonchev–Trinajstić information content (AvgIpc) is 3.39. The van der Waals surface area contributed by atoms with Crippen LogP contribution in [0.4, 0.5) is 5.69 Å². The van der Waals surface area contributed by atoms with Crippen molar-refractivity contribution in [1.82, 2.24) is 9.88 Å². The fourth-order valence-electron chi connectivity index (χ4n) is 3.51. The lowest BCUT2D eigenvalue weighted by atomic mass is 10.1. The molecule has 126 valence electrons. The van der Waals surface area contributed by atoms with E-state index < -0.39 is 11.4 Å². The highest BCUT2D eigenvalue weighted by atomic mass is 16.4. The summed E-state index contributed by atoms with van der Waals surface area (Å²) in [5.74, 6) is -1.16. The van der Waals surface area contributed by atoms with Crippen LogP contribution in [-0.2, 0) is 0 Å². The molecule has 1 atom stereocenters. The predicted molar refractivity (Wildman–Crippen MR) is 93.1 cm³/mol. The first kappa shape index (κ1) is 15.2. The van der Waals surface area contributed by atoms with Crippen molar-refractivity contribution in [2.24, 2.45) is 0 Å². The van der Waals surface area contributed by atoms with Crippen LogP contribution >= 0.6 is 0 Å². The molecule has 1 aliphatic carbocycles. The summed E-state index contributed by atoms with van der Waals surface area (Å²) >= 11 is 0. The maximum atomic E-state index is 12.5. The summed E-state index contributed by atoms with van der Waals surface area (Å²) in [6, 6.07) is 6.49. The summed E-state index contributed by atoms with van der Waals surface area (Å²) in [7, 11) is 0. The van der Waals surface area contributed by atoms with Gasteiger partial charge in [-0.1, -0.05) is 0 Å². The first-order valence-electron chi connectivity index (χ1n) is 8.45. The number of aromatic nitrogens is 1. The molecule has 1 aliphatic heterocycles. The summed E-state index contributed by atoms with van der Waals surface area (Å²) < 4.78 is 1.98. The highest BCUT2D eigenvalue weighted by molar-refractivity contribution is 5.93. The molecular weight excluding hydrogens is 306 g/mol. The number of aromatic carboxylic acids is 1. The molecule has 1 saturated carbocycles. The zero-order valence-electron chi connectivity index (χ0n) is 13.7. The van der Waals surface area contributed by atoms with Crippen molar-refractivity contribution < 1.29 is 9.90 Å². The molecular formula is C18H21N3O3. The third kappa shape index (κ3) is 2.57. The van der Waals surface area contributed by atoms with Gasteiger partial charge in [0.2, 0.25) is 5.43 Å². The molecule has 4 rings (SSSR count). The van der Waals surface area contributed by atoms with E-state index in [9.17, 15) is 14.7 Å². The molecule has 6 nitrogen and oxygen atoms in total. The topological polar surface area (TPSA) is 74.6 Å². The number of benzene rings is 1. The Hall–Kier alpha value is -2.34. The van der Waals surface area contributed by atoms with E-state index in [4.69, 9.17) is 0 Å². The summed E-state index contributed by atoms with van der Waals surface area (Å²) in [5, 5.41) is 13.2. The second kappa shape index (κ2) is 5.63. The summed E-state index contributed by atoms with van der Waals surface area (Å²) in [4.78, 5) is 26.2. The standard InChI is InChI=1S/C18H21N3O3/c1-11-9-20(7-6-19-11)13-4-5-14-16(8-13)21(12-2-3-12)10-15(17(14)22)18(23)24/h4-5,8,10-12,19H,2-3,6-7,9H2,1H3,(H,23,24). The number of pyridine rings is 1. The maximum Gasteiger partial charge on any atom is 0.341 e. The Morgan fingerprint density at radius 1 is 1.33 bits per heavy atom. The highest BCUT2D eigenvalue weighted by Crippen LogP contribution is 2.37. The van der Waals surface area contributed by atoms with Gasteiger partial charge in [-0.15, -0.1) is 0 Å². The molecule has 2 fully saturated rings. The molecule has 0 amide bonds. The van der Waals surface area contributed by atoms with Crippen LogP contribution in [0.2, 0.25) is 0 Å². The number of nitrogens with zero attached hydrogens (tertiary/aromatic N) is 2. The van der Waals surface area contributed by atoms with Gasteiger partial charge in [0.15, 0.2) is 0 Å². The minimum Gasteiger partial charge on any atom is -0.477 e. The van der Waals surface area contributed by atoms with E-state index in [-0.39, 0.29) is 5.56 Å². The molecule has 2 aromatic rings. The Kier molecular flexibility index (Phi) is 3.57. The Labute approximate surface area is 139 Å². The van der Waals surface area contributed by atoms with Crippen molar-refractivity contribution in [1.29, 1.82) is 0 Å². The zero-order chi connectivity index (χ0) is 16.8. The van der Waals surface area contributed by atoms with Gasteiger partial charge in [-0.25, -0.2) is 4.79 Å². The van der Waals surface area contributed by atoms with Crippen molar-refractivity contribution in [3.8, 4) is 0 Å². The Morgan fingerprint density at radius 2 is 2.12 bits per heavy atom. The molecule has 2 N–H and O–H groups in total.